The molecular formula is C25H25FN2O3. The molecule has 1 amide bonds. The van der Waals surface area contributed by atoms with Gasteiger partial charge in [0, 0.05) is 18.2 Å². The van der Waals surface area contributed by atoms with Crippen LogP contribution < -0.4 is 0 Å². The third-order valence-electron chi connectivity index (χ3n) is 6.24. The lowest BCUT2D eigenvalue weighted by atomic mass is 9.92. The van der Waals surface area contributed by atoms with Crippen LogP contribution in [0.15, 0.2) is 47.0 Å². The van der Waals surface area contributed by atoms with Crippen molar-refractivity contribution in [2.24, 2.45) is 5.92 Å². The van der Waals surface area contributed by atoms with E-state index in [4.69, 9.17) is 4.52 Å². The number of hydrogen-bond donors (Lipinski definition) is 1. The number of hydrogen-bond acceptors (Lipinski definition) is 4. The van der Waals surface area contributed by atoms with Crippen LogP contribution in [0.3, 0.4) is 0 Å². The molecule has 2 aliphatic rings. The minimum Gasteiger partial charge on any atom is -0.388 e. The predicted octanol–water partition coefficient (Wildman–Crippen LogP) is 4.96. The molecule has 0 saturated heterocycles. The number of rotatable bonds is 5. The van der Waals surface area contributed by atoms with Crippen LogP contribution in [-0.4, -0.2) is 32.7 Å². The number of carbonyl (C=O) groups is 1. The second kappa shape index (κ2) is 7.02. The van der Waals surface area contributed by atoms with Crippen molar-refractivity contribution in [3.63, 3.8) is 0 Å². The number of aliphatic hydroxyl groups is 1. The minimum atomic E-state index is -1.02. The van der Waals surface area contributed by atoms with Crippen LogP contribution in [0.2, 0.25) is 0 Å². The molecule has 2 aromatic carbocycles. The molecule has 1 unspecified atom stereocenters. The molecule has 1 fully saturated rings. The second-order valence-electron chi connectivity index (χ2n) is 9.27. The summed E-state index contributed by atoms with van der Waals surface area (Å²) in [5, 5.41) is 14.7. The predicted molar refractivity (Wildman–Crippen MR) is 115 cm³/mol. The van der Waals surface area contributed by atoms with Gasteiger partial charge in [0.15, 0.2) is 5.76 Å². The Balaban J connectivity index is 1.53. The first-order chi connectivity index (χ1) is 14.7. The Labute approximate surface area is 180 Å². The van der Waals surface area contributed by atoms with Gasteiger partial charge in [-0.1, -0.05) is 29.4 Å². The van der Waals surface area contributed by atoms with Crippen LogP contribution in [0.5, 0.6) is 0 Å². The van der Waals surface area contributed by atoms with Crippen molar-refractivity contribution in [2.75, 3.05) is 0 Å². The molecule has 1 aliphatic heterocycles. The normalized spacial score (nSPS) is 17.2. The third kappa shape index (κ3) is 3.55. The smallest absolute Gasteiger partial charge is 0.255 e. The number of aryl methyl sites for hydroxylation is 1. The summed E-state index contributed by atoms with van der Waals surface area (Å²) < 4.78 is 19.8. The summed E-state index contributed by atoms with van der Waals surface area (Å²) in [5.74, 6) is 0.438. The molecule has 1 N–H and O–H groups in total. The molecule has 31 heavy (non-hydrogen) atoms. The first-order valence-corrected chi connectivity index (χ1v) is 10.6. The highest BCUT2D eigenvalue weighted by Crippen LogP contribution is 2.44. The molecule has 1 atom stereocenters. The number of benzene rings is 2. The van der Waals surface area contributed by atoms with E-state index in [0.717, 1.165) is 29.7 Å². The third-order valence-corrected chi connectivity index (χ3v) is 6.24. The van der Waals surface area contributed by atoms with Gasteiger partial charge in [-0.25, -0.2) is 4.39 Å². The molecule has 160 valence electrons. The number of aromatic nitrogens is 1. The summed E-state index contributed by atoms with van der Waals surface area (Å²) >= 11 is 0. The highest BCUT2D eigenvalue weighted by molar-refractivity contribution is 6.05. The average molecular weight is 420 g/mol. The van der Waals surface area contributed by atoms with Crippen LogP contribution in [-0.2, 0) is 6.54 Å². The molecule has 6 heteroatoms. The maximum atomic E-state index is 14.5. The summed E-state index contributed by atoms with van der Waals surface area (Å²) in [6.07, 6.45) is 2.00. The quantitative estimate of drug-likeness (QED) is 0.633. The lowest BCUT2D eigenvalue weighted by molar-refractivity contribution is -0.0224. The van der Waals surface area contributed by atoms with Crippen molar-refractivity contribution in [1.29, 1.82) is 0 Å². The van der Waals surface area contributed by atoms with Gasteiger partial charge in [0.2, 0.25) is 0 Å². The van der Waals surface area contributed by atoms with Crippen molar-refractivity contribution < 1.29 is 18.8 Å². The molecule has 5 nitrogen and oxygen atoms in total. The zero-order valence-electron chi connectivity index (χ0n) is 17.9. The van der Waals surface area contributed by atoms with Crippen LogP contribution >= 0.6 is 0 Å². The minimum absolute atomic E-state index is 0.140. The van der Waals surface area contributed by atoms with Crippen molar-refractivity contribution in [2.45, 2.75) is 51.8 Å². The molecule has 3 aromatic rings. The maximum Gasteiger partial charge on any atom is 0.255 e. The number of halogens is 1. The average Bonchev–Trinajstić information content (AvgIpc) is 3.35. The zero-order valence-corrected chi connectivity index (χ0v) is 17.9. The summed E-state index contributed by atoms with van der Waals surface area (Å²) in [7, 11) is 0. The van der Waals surface area contributed by atoms with Crippen molar-refractivity contribution >= 4 is 5.91 Å². The van der Waals surface area contributed by atoms with E-state index in [9.17, 15) is 14.3 Å². The monoisotopic (exact) mass is 420 g/mol. The van der Waals surface area contributed by atoms with E-state index in [1.165, 1.54) is 12.1 Å². The Morgan fingerprint density at radius 3 is 2.42 bits per heavy atom. The summed E-state index contributed by atoms with van der Waals surface area (Å²) in [6, 6.07) is 11.9. The van der Waals surface area contributed by atoms with Crippen molar-refractivity contribution in [3.8, 4) is 22.5 Å². The first-order valence-electron chi connectivity index (χ1n) is 10.6. The number of nitrogens with zero attached hydrogens (tertiary/aromatic N) is 2. The van der Waals surface area contributed by atoms with E-state index in [-0.39, 0.29) is 23.7 Å². The highest BCUT2D eigenvalue weighted by atomic mass is 19.1. The molecule has 0 bridgehead atoms. The molecule has 2 heterocycles. The number of carbonyl (C=O) groups excluding carboxylic acids is 1. The topological polar surface area (TPSA) is 66.6 Å². The van der Waals surface area contributed by atoms with Gasteiger partial charge >= 0.3 is 0 Å². The van der Waals surface area contributed by atoms with E-state index in [1.807, 2.05) is 37.3 Å². The van der Waals surface area contributed by atoms with Gasteiger partial charge in [0.1, 0.15) is 5.82 Å². The maximum absolute atomic E-state index is 14.5. The fourth-order valence-corrected chi connectivity index (χ4v) is 4.83. The van der Waals surface area contributed by atoms with Crippen LogP contribution in [0.25, 0.3) is 22.5 Å². The highest BCUT2D eigenvalue weighted by Gasteiger charge is 2.48. The molecule has 1 aliphatic carbocycles. The van der Waals surface area contributed by atoms with Crippen LogP contribution in [0.4, 0.5) is 4.39 Å². The SMILES string of the molecule is Cc1cc(-c2ccc(-c3cc(F)cc4c3C(=O)N(C(C3CC3)C(C)(C)O)C4)cc2)on1. The number of fused-ring (bicyclic) bond motifs is 1. The van der Waals surface area contributed by atoms with Gasteiger partial charge in [-0.05, 0) is 68.4 Å². The van der Waals surface area contributed by atoms with Gasteiger partial charge < -0.3 is 14.5 Å². The summed E-state index contributed by atoms with van der Waals surface area (Å²) in [4.78, 5) is 15.2. The van der Waals surface area contributed by atoms with E-state index in [1.54, 1.807) is 18.7 Å². The van der Waals surface area contributed by atoms with Crippen LogP contribution in [0.1, 0.15) is 48.3 Å². The van der Waals surface area contributed by atoms with Gasteiger partial charge in [-0.15, -0.1) is 0 Å². The molecular weight excluding hydrogens is 395 g/mol. The summed E-state index contributed by atoms with van der Waals surface area (Å²) in [6.45, 7) is 5.67. The fourth-order valence-electron chi connectivity index (χ4n) is 4.83. The standard InChI is InChI=1S/C25H25FN2O3/c1-14-10-21(31-27-14)16-6-4-15(5-7-16)20-12-19(26)11-18-13-28(24(29)22(18)20)23(17-8-9-17)25(2,3)30/h4-7,10-12,17,23,30H,8-9,13H2,1-3H3. The van der Waals surface area contributed by atoms with Gasteiger partial charge in [-0.3, -0.25) is 4.79 Å². The molecule has 1 saturated carbocycles. The largest absolute Gasteiger partial charge is 0.388 e. The fraction of sp³-hybridized carbons (Fsp3) is 0.360. The van der Waals surface area contributed by atoms with E-state index >= 15 is 0 Å². The Kier molecular flexibility index (Phi) is 4.52. The zero-order chi connectivity index (χ0) is 21.9. The van der Waals surface area contributed by atoms with Gasteiger partial charge in [0.25, 0.3) is 5.91 Å². The Bertz CT molecular complexity index is 1160. The second-order valence-corrected chi connectivity index (χ2v) is 9.27. The molecule has 0 spiro atoms. The molecule has 0 radical (unpaired) electrons. The Morgan fingerprint density at radius 2 is 1.84 bits per heavy atom. The van der Waals surface area contributed by atoms with Crippen molar-refractivity contribution in [1.82, 2.24) is 10.1 Å². The molecule has 1 aromatic heterocycles. The Morgan fingerprint density at radius 1 is 1.16 bits per heavy atom. The number of amides is 1. The van der Waals surface area contributed by atoms with Gasteiger partial charge in [-0.2, -0.15) is 0 Å². The summed E-state index contributed by atoms with van der Waals surface area (Å²) in [5.41, 5.74) is 3.18. The van der Waals surface area contributed by atoms with E-state index in [0.29, 0.717) is 29.0 Å². The van der Waals surface area contributed by atoms with E-state index in [2.05, 4.69) is 5.16 Å². The molecule has 5 rings (SSSR count). The Hall–Kier alpha value is -2.99. The lowest BCUT2D eigenvalue weighted by Gasteiger charge is -2.37. The van der Waals surface area contributed by atoms with E-state index < -0.39 is 5.60 Å². The van der Waals surface area contributed by atoms with Crippen molar-refractivity contribution in [3.05, 3.63) is 65.1 Å². The first kappa shape index (κ1) is 19.9. The van der Waals surface area contributed by atoms with Crippen LogP contribution in [0, 0.1) is 18.7 Å². The lowest BCUT2D eigenvalue weighted by Crippen LogP contribution is -2.51. The van der Waals surface area contributed by atoms with Gasteiger partial charge in [0.05, 0.1) is 22.9 Å².